The number of nitrogens with zero attached hydrogens (tertiary/aromatic N) is 4. The minimum absolute atomic E-state index is 0.0806. The summed E-state index contributed by atoms with van der Waals surface area (Å²) in [6.45, 7) is 10.9. The number of esters is 1. The average molecular weight is 684 g/mol. The van der Waals surface area contributed by atoms with Gasteiger partial charge in [-0.05, 0) is 69.5 Å². The van der Waals surface area contributed by atoms with Crippen LogP contribution in [0.2, 0.25) is 0 Å². The zero-order chi connectivity index (χ0) is 34.0. The van der Waals surface area contributed by atoms with Gasteiger partial charge in [-0.3, -0.25) is 9.78 Å². The van der Waals surface area contributed by atoms with Crippen molar-refractivity contribution >= 4 is 38.4 Å². The maximum atomic E-state index is 13.8. The first-order valence-corrected chi connectivity index (χ1v) is 16.7. The van der Waals surface area contributed by atoms with Crippen LogP contribution in [-0.4, -0.2) is 72.2 Å². The third-order valence-electron chi connectivity index (χ3n) is 6.84. The predicted octanol–water partition coefficient (Wildman–Crippen LogP) is 5.02. The van der Waals surface area contributed by atoms with Crippen molar-refractivity contribution in [2.45, 2.75) is 76.9 Å². The van der Waals surface area contributed by atoms with E-state index >= 15 is 0 Å². The monoisotopic (exact) mass is 683 g/mol. The van der Waals surface area contributed by atoms with Gasteiger partial charge < -0.3 is 19.7 Å². The molecule has 250 valence electrons. The number of rotatable bonds is 9. The van der Waals surface area contributed by atoms with Crippen LogP contribution in [0.4, 0.5) is 18.3 Å². The highest BCUT2D eigenvalue weighted by molar-refractivity contribution is 7.89. The standard InChI is InChI=1S/C30H36F3N5O6S2/c1-18(2)23-12-7-20(15-34-23)16-35-26(39)24-17-37(28-36-19(3)25(45-28)27(40)44-29(4,5)6)13-14-38(24)46(41,42)22-10-8-21(9-11-22)43-30(31,32)33/h7-12,15,18,24H,13-14,16-17H2,1-6H3,(H,35,39). The van der Waals surface area contributed by atoms with Crippen LogP contribution in [0.5, 0.6) is 5.75 Å². The van der Waals surface area contributed by atoms with E-state index < -0.39 is 45.7 Å². The number of piperazine rings is 1. The third kappa shape index (κ3) is 8.73. The lowest BCUT2D eigenvalue weighted by Gasteiger charge is -2.39. The van der Waals surface area contributed by atoms with E-state index in [0.717, 1.165) is 45.6 Å². The molecule has 1 aliphatic heterocycles. The van der Waals surface area contributed by atoms with Gasteiger partial charge in [-0.1, -0.05) is 31.3 Å². The number of aromatic nitrogens is 2. The minimum atomic E-state index is -4.94. The number of carbonyl (C=O) groups is 2. The van der Waals surface area contributed by atoms with Gasteiger partial charge in [-0.25, -0.2) is 18.2 Å². The molecule has 3 aromatic rings. The third-order valence-corrected chi connectivity index (χ3v) is 9.96. The fourth-order valence-electron chi connectivity index (χ4n) is 4.61. The molecular formula is C30H36F3N5O6S2. The molecule has 0 radical (unpaired) electrons. The zero-order valence-corrected chi connectivity index (χ0v) is 27.8. The summed E-state index contributed by atoms with van der Waals surface area (Å²) in [6, 6.07) is 6.22. The number of aryl methyl sites for hydroxylation is 1. The molecule has 1 aliphatic rings. The molecule has 0 bridgehead atoms. The topological polar surface area (TPSA) is 131 Å². The van der Waals surface area contributed by atoms with Gasteiger partial charge in [-0.2, -0.15) is 4.31 Å². The van der Waals surface area contributed by atoms with Gasteiger partial charge in [-0.15, -0.1) is 13.2 Å². The summed E-state index contributed by atoms with van der Waals surface area (Å²) in [7, 11) is -4.35. The van der Waals surface area contributed by atoms with E-state index in [9.17, 15) is 31.2 Å². The Bertz CT molecular complexity index is 1650. The van der Waals surface area contributed by atoms with Crippen molar-refractivity contribution < 1.29 is 40.7 Å². The summed E-state index contributed by atoms with van der Waals surface area (Å²) in [5.41, 5.74) is 1.30. The number of hydrogen-bond donors (Lipinski definition) is 1. The molecule has 16 heteroatoms. The van der Waals surface area contributed by atoms with Crippen molar-refractivity contribution in [2.24, 2.45) is 0 Å². The minimum Gasteiger partial charge on any atom is -0.456 e. The molecule has 1 N–H and O–H groups in total. The number of pyridine rings is 1. The number of carbonyl (C=O) groups excluding carboxylic acids is 2. The molecule has 1 saturated heterocycles. The van der Waals surface area contributed by atoms with Gasteiger partial charge >= 0.3 is 12.3 Å². The number of thiazole rings is 1. The molecule has 3 heterocycles. The molecule has 1 amide bonds. The largest absolute Gasteiger partial charge is 0.573 e. The summed E-state index contributed by atoms with van der Waals surface area (Å²) in [4.78, 5) is 37.0. The second kappa shape index (κ2) is 13.5. The van der Waals surface area contributed by atoms with Crippen molar-refractivity contribution in [2.75, 3.05) is 24.5 Å². The normalized spacial score (nSPS) is 16.4. The van der Waals surface area contributed by atoms with E-state index in [-0.39, 0.29) is 37.0 Å². The van der Waals surface area contributed by atoms with Gasteiger partial charge in [0.2, 0.25) is 15.9 Å². The predicted molar refractivity (Wildman–Crippen MR) is 165 cm³/mol. The van der Waals surface area contributed by atoms with Crippen molar-refractivity contribution in [3.05, 3.63) is 64.4 Å². The van der Waals surface area contributed by atoms with Crippen LogP contribution in [-0.2, 0) is 26.1 Å². The van der Waals surface area contributed by atoms with Crippen molar-refractivity contribution in [3.63, 3.8) is 0 Å². The SMILES string of the molecule is Cc1nc(N2CCN(S(=O)(=O)c3ccc(OC(F)(F)F)cc3)C(C(=O)NCc3ccc(C(C)C)nc3)C2)sc1C(=O)OC(C)(C)C. The summed E-state index contributed by atoms with van der Waals surface area (Å²) >= 11 is 1.08. The van der Waals surface area contributed by atoms with Crippen LogP contribution < -0.4 is 15.0 Å². The molecule has 1 fully saturated rings. The Labute approximate surface area is 269 Å². The fraction of sp³-hybridized carbons (Fsp3) is 0.467. The maximum absolute atomic E-state index is 13.8. The summed E-state index contributed by atoms with van der Waals surface area (Å²) < 4.78 is 75.9. The Hall–Kier alpha value is -3.76. The molecule has 0 aliphatic carbocycles. The zero-order valence-electron chi connectivity index (χ0n) is 26.2. The summed E-state index contributed by atoms with van der Waals surface area (Å²) in [5.74, 6) is -1.50. The van der Waals surface area contributed by atoms with Crippen LogP contribution in [0.1, 0.15) is 67.2 Å². The van der Waals surface area contributed by atoms with E-state index in [4.69, 9.17) is 4.74 Å². The first-order valence-electron chi connectivity index (χ1n) is 14.4. The lowest BCUT2D eigenvalue weighted by Crippen LogP contribution is -2.60. The lowest BCUT2D eigenvalue weighted by molar-refractivity contribution is -0.274. The molecule has 0 saturated carbocycles. The first kappa shape index (κ1) is 35.1. The number of nitrogens with one attached hydrogen (secondary N) is 1. The van der Waals surface area contributed by atoms with Gasteiger partial charge in [0.15, 0.2) is 5.13 Å². The Morgan fingerprint density at radius 3 is 2.33 bits per heavy atom. The van der Waals surface area contributed by atoms with Gasteiger partial charge in [0.25, 0.3) is 0 Å². The van der Waals surface area contributed by atoms with Crippen LogP contribution in [0.25, 0.3) is 0 Å². The van der Waals surface area contributed by atoms with Crippen molar-refractivity contribution in [1.29, 1.82) is 0 Å². The maximum Gasteiger partial charge on any atom is 0.573 e. The molecule has 2 aromatic heterocycles. The number of halogens is 3. The van der Waals surface area contributed by atoms with Crippen LogP contribution >= 0.6 is 11.3 Å². The highest BCUT2D eigenvalue weighted by Gasteiger charge is 2.41. The number of anilines is 1. The molecule has 1 unspecified atom stereocenters. The Kier molecular flexibility index (Phi) is 10.3. The second-order valence-electron chi connectivity index (χ2n) is 12.0. The van der Waals surface area contributed by atoms with E-state index in [2.05, 4.69) is 20.0 Å². The smallest absolute Gasteiger partial charge is 0.456 e. The van der Waals surface area contributed by atoms with Gasteiger partial charge in [0, 0.05) is 38.1 Å². The quantitative estimate of drug-likeness (QED) is 0.309. The highest BCUT2D eigenvalue weighted by Crippen LogP contribution is 2.32. The summed E-state index contributed by atoms with van der Waals surface area (Å²) in [6.07, 6.45) is -3.31. The number of amides is 1. The van der Waals surface area contributed by atoms with Crippen molar-refractivity contribution in [3.8, 4) is 5.75 Å². The van der Waals surface area contributed by atoms with E-state index in [1.54, 1.807) is 38.8 Å². The summed E-state index contributed by atoms with van der Waals surface area (Å²) in [5, 5.41) is 3.20. The average Bonchev–Trinajstić information content (AvgIpc) is 3.36. The Morgan fingerprint density at radius 2 is 1.76 bits per heavy atom. The Balaban J connectivity index is 1.60. The molecule has 1 atom stereocenters. The lowest BCUT2D eigenvalue weighted by atomic mass is 10.1. The second-order valence-corrected chi connectivity index (χ2v) is 14.8. The van der Waals surface area contributed by atoms with Crippen LogP contribution in [0.15, 0.2) is 47.5 Å². The van der Waals surface area contributed by atoms with E-state index in [1.165, 1.54) is 0 Å². The molecule has 4 rings (SSSR count). The molecule has 1 aromatic carbocycles. The molecular weight excluding hydrogens is 647 g/mol. The molecule has 46 heavy (non-hydrogen) atoms. The molecule has 11 nitrogen and oxygen atoms in total. The van der Waals surface area contributed by atoms with Crippen molar-refractivity contribution in [1.82, 2.24) is 19.6 Å². The van der Waals surface area contributed by atoms with E-state index in [1.807, 2.05) is 26.0 Å². The molecule has 0 spiro atoms. The Morgan fingerprint density at radius 1 is 1.09 bits per heavy atom. The van der Waals surface area contributed by atoms with E-state index in [0.29, 0.717) is 21.3 Å². The fourth-order valence-corrected chi connectivity index (χ4v) is 7.16. The van der Waals surface area contributed by atoms with Gasteiger partial charge in [0.05, 0.1) is 10.6 Å². The number of hydrogen-bond acceptors (Lipinski definition) is 10. The number of benzene rings is 1. The van der Waals surface area contributed by atoms with Crippen LogP contribution in [0, 0.1) is 6.92 Å². The van der Waals surface area contributed by atoms with Gasteiger partial charge in [0.1, 0.15) is 22.3 Å². The highest BCUT2D eigenvalue weighted by atomic mass is 32.2. The first-order chi connectivity index (χ1) is 21.3. The number of sulfonamides is 1. The number of ether oxygens (including phenoxy) is 2. The number of alkyl halides is 3. The van der Waals surface area contributed by atoms with Crippen LogP contribution in [0.3, 0.4) is 0 Å².